The first kappa shape index (κ1) is 24.7. The zero-order chi connectivity index (χ0) is 23.4. The van der Waals surface area contributed by atoms with Crippen LogP contribution in [0.2, 0.25) is 0 Å². The number of nitrogens with one attached hydrogen (secondary N) is 2. The monoisotopic (exact) mass is 460 g/mol. The molecule has 0 bridgehead atoms. The Morgan fingerprint density at radius 2 is 1.42 bits per heavy atom. The minimum atomic E-state index is -4.92. The van der Waals surface area contributed by atoms with Gasteiger partial charge in [-0.3, -0.25) is 0 Å². The van der Waals surface area contributed by atoms with Crippen LogP contribution in [0, 0.1) is 5.41 Å². The van der Waals surface area contributed by atoms with Gasteiger partial charge in [-0.2, -0.15) is 26.3 Å². The number of hydrogen-bond donors (Lipinski definition) is 2. The fraction of sp³-hybridized carbons (Fsp3) is 0.318. The number of halogens is 6. The molecule has 0 saturated heterocycles. The molecule has 31 heavy (non-hydrogen) atoms. The van der Waals surface area contributed by atoms with E-state index in [2.05, 4.69) is 17.2 Å². The molecule has 2 aromatic rings. The van der Waals surface area contributed by atoms with Crippen LogP contribution in [0.1, 0.15) is 37.0 Å². The summed E-state index contributed by atoms with van der Waals surface area (Å²) in [6, 6.07) is 10.8. The van der Waals surface area contributed by atoms with E-state index in [0.29, 0.717) is 25.1 Å². The summed E-state index contributed by atoms with van der Waals surface area (Å²) >= 11 is 5.08. The second-order valence-corrected chi connectivity index (χ2v) is 8.32. The van der Waals surface area contributed by atoms with Gasteiger partial charge in [-0.25, -0.2) is 0 Å². The Hall–Kier alpha value is -2.55. The third kappa shape index (κ3) is 7.57. The highest BCUT2D eigenvalue weighted by Gasteiger charge is 2.37. The first-order valence-electron chi connectivity index (χ1n) is 9.25. The van der Waals surface area contributed by atoms with E-state index >= 15 is 0 Å². The lowest BCUT2D eigenvalue weighted by Gasteiger charge is -2.27. The standard InChI is InChI=1S/C22H22F6N2S/c1-14(15-7-5-4-6-8-15)12-20(2,3)13-29-19(31)30-18-10-16(21(23,24)25)9-17(11-18)22(26,27)28/h4-11H,1,12-13H2,2-3H3,(H2,29,30,31). The van der Waals surface area contributed by atoms with Crippen molar-refractivity contribution in [2.24, 2.45) is 5.41 Å². The summed E-state index contributed by atoms with van der Waals surface area (Å²) in [7, 11) is 0. The molecule has 0 aromatic heterocycles. The van der Waals surface area contributed by atoms with Crippen LogP contribution in [0.4, 0.5) is 32.0 Å². The van der Waals surface area contributed by atoms with Gasteiger partial charge in [0.15, 0.2) is 5.11 Å². The summed E-state index contributed by atoms with van der Waals surface area (Å²) in [5.41, 5.74) is -1.66. The second-order valence-electron chi connectivity index (χ2n) is 7.91. The summed E-state index contributed by atoms with van der Waals surface area (Å²) < 4.78 is 77.9. The third-order valence-electron chi connectivity index (χ3n) is 4.45. The molecule has 2 N–H and O–H groups in total. The van der Waals surface area contributed by atoms with Crippen LogP contribution in [-0.4, -0.2) is 11.7 Å². The average molecular weight is 460 g/mol. The van der Waals surface area contributed by atoms with Crippen LogP contribution >= 0.6 is 12.2 Å². The fourth-order valence-corrected chi connectivity index (χ4v) is 3.13. The Labute approximate surface area is 182 Å². The van der Waals surface area contributed by atoms with Crippen molar-refractivity contribution in [1.82, 2.24) is 5.32 Å². The van der Waals surface area contributed by atoms with E-state index in [-0.39, 0.29) is 16.6 Å². The zero-order valence-corrected chi connectivity index (χ0v) is 17.7. The molecule has 0 heterocycles. The fourth-order valence-electron chi connectivity index (χ4n) is 2.94. The van der Waals surface area contributed by atoms with Gasteiger partial charge in [-0.1, -0.05) is 50.8 Å². The molecule has 168 valence electrons. The highest BCUT2D eigenvalue weighted by atomic mass is 32.1. The van der Waals surface area contributed by atoms with E-state index < -0.39 is 29.2 Å². The number of thiocarbonyl (C=S) groups is 1. The molecule has 0 saturated carbocycles. The van der Waals surface area contributed by atoms with Crippen molar-refractivity contribution < 1.29 is 26.3 Å². The van der Waals surface area contributed by atoms with Crippen LogP contribution < -0.4 is 10.6 Å². The number of alkyl halides is 6. The van der Waals surface area contributed by atoms with E-state index in [0.717, 1.165) is 11.1 Å². The molecular weight excluding hydrogens is 438 g/mol. The Bertz CT molecular complexity index is 901. The van der Waals surface area contributed by atoms with E-state index in [4.69, 9.17) is 12.2 Å². The minimum absolute atomic E-state index is 0.0694. The maximum absolute atomic E-state index is 13.0. The van der Waals surface area contributed by atoms with Gasteiger partial charge < -0.3 is 10.6 Å². The molecule has 0 aliphatic rings. The Morgan fingerprint density at radius 3 is 1.90 bits per heavy atom. The second kappa shape index (κ2) is 9.30. The topological polar surface area (TPSA) is 24.1 Å². The normalized spacial score (nSPS) is 12.4. The maximum Gasteiger partial charge on any atom is 0.416 e. The van der Waals surface area contributed by atoms with E-state index in [1.165, 1.54) is 0 Å². The van der Waals surface area contributed by atoms with Gasteiger partial charge in [0, 0.05) is 12.2 Å². The van der Waals surface area contributed by atoms with Crippen LogP contribution in [0.15, 0.2) is 55.1 Å². The lowest BCUT2D eigenvalue weighted by Crippen LogP contribution is -2.36. The highest BCUT2D eigenvalue weighted by molar-refractivity contribution is 7.80. The van der Waals surface area contributed by atoms with Crippen molar-refractivity contribution in [3.63, 3.8) is 0 Å². The number of hydrogen-bond acceptors (Lipinski definition) is 1. The SMILES string of the molecule is C=C(CC(C)(C)CNC(=S)Nc1cc(C(F)(F)F)cc(C(F)(F)F)c1)c1ccccc1. The first-order valence-corrected chi connectivity index (χ1v) is 9.66. The molecule has 0 spiro atoms. The van der Waals surface area contributed by atoms with Crippen molar-refractivity contribution in [2.75, 3.05) is 11.9 Å². The summed E-state index contributed by atoms with van der Waals surface area (Å²) in [5, 5.41) is 5.21. The molecule has 0 amide bonds. The molecular formula is C22H22F6N2S. The molecule has 0 atom stereocenters. The smallest absolute Gasteiger partial charge is 0.362 e. The van der Waals surface area contributed by atoms with Crippen molar-refractivity contribution in [2.45, 2.75) is 32.6 Å². The van der Waals surface area contributed by atoms with Crippen LogP contribution in [0.25, 0.3) is 5.57 Å². The lowest BCUT2D eigenvalue weighted by atomic mass is 9.84. The minimum Gasteiger partial charge on any atom is -0.362 e. The van der Waals surface area contributed by atoms with Gasteiger partial charge in [-0.15, -0.1) is 0 Å². The molecule has 0 unspecified atom stereocenters. The Kier molecular flexibility index (Phi) is 7.41. The van der Waals surface area contributed by atoms with Crippen molar-refractivity contribution >= 4 is 28.6 Å². The summed E-state index contributed by atoms with van der Waals surface area (Å²) in [5.74, 6) is 0. The summed E-state index contributed by atoms with van der Waals surface area (Å²) in [6.07, 6.45) is -9.24. The zero-order valence-electron chi connectivity index (χ0n) is 16.9. The van der Waals surface area contributed by atoms with Crippen molar-refractivity contribution in [3.05, 3.63) is 71.8 Å². The molecule has 0 radical (unpaired) electrons. The molecule has 9 heteroatoms. The molecule has 0 aliphatic heterocycles. The number of allylic oxidation sites excluding steroid dienone is 1. The quantitative estimate of drug-likeness (QED) is 0.354. The average Bonchev–Trinajstić information content (AvgIpc) is 2.65. The molecule has 0 aliphatic carbocycles. The predicted octanol–water partition coefficient (Wildman–Crippen LogP) is 7.14. The molecule has 2 nitrogen and oxygen atoms in total. The van der Waals surface area contributed by atoms with Gasteiger partial charge in [0.25, 0.3) is 0 Å². The maximum atomic E-state index is 13.0. The van der Waals surface area contributed by atoms with Gasteiger partial charge in [-0.05, 0) is 53.4 Å². The number of rotatable bonds is 6. The van der Waals surface area contributed by atoms with E-state index in [1.807, 2.05) is 44.2 Å². The number of anilines is 1. The molecule has 2 rings (SSSR count). The molecule has 0 fully saturated rings. The summed E-state index contributed by atoms with van der Waals surface area (Å²) in [4.78, 5) is 0. The van der Waals surface area contributed by atoms with Crippen LogP contribution in [0.3, 0.4) is 0 Å². The highest BCUT2D eigenvalue weighted by Crippen LogP contribution is 2.37. The van der Waals surface area contributed by atoms with Gasteiger partial charge >= 0.3 is 12.4 Å². The van der Waals surface area contributed by atoms with E-state index in [9.17, 15) is 26.3 Å². The lowest BCUT2D eigenvalue weighted by molar-refractivity contribution is -0.143. The Morgan fingerprint density at radius 1 is 0.903 bits per heavy atom. The van der Waals surface area contributed by atoms with Crippen LogP contribution in [0.5, 0.6) is 0 Å². The molecule has 2 aromatic carbocycles. The predicted molar refractivity (Wildman–Crippen MR) is 115 cm³/mol. The Balaban J connectivity index is 2.05. The number of benzene rings is 2. The van der Waals surface area contributed by atoms with E-state index in [1.54, 1.807) is 0 Å². The van der Waals surface area contributed by atoms with Crippen molar-refractivity contribution in [1.29, 1.82) is 0 Å². The van der Waals surface area contributed by atoms with Crippen LogP contribution in [-0.2, 0) is 12.4 Å². The third-order valence-corrected chi connectivity index (χ3v) is 4.69. The van der Waals surface area contributed by atoms with Crippen molar-refractivity contribution in [3.8, 4) is 0 Å². The first-order chi connectivity index (χ1) is 14.2. The van der Waals surface area contributed by atoms with Gasteiger partial charge in [0.05, 0.1) is 11.1 Å². The largest absolute Gasteiger partial charge is 0.416 e. The van der Waals surface area contributed by atoms with Gasteiger partial charge in [0.2, 0.25) is 0 Å². The summed E-state index contributed by atoms with van der Waals surface area (Å²) in [6.45, 7) is 8.30. The van der Waals surface area contributed by atoms with Gasteiger partial charge in [0.1, 0.15) is 0 Å².